The Morgan fingerprint density at radius 3 is 2.65 bits per heavy atom. The summed E-state index contributed by atoms with van der Waals surface area (Å²) in [5, 5.41) is 2.36. The van der Waals surface area contributed by atoms with Gasteiger partial charge >= 0.3 is 6.36 Å². The number of pyridine rings is 1. The van der Waals surface area contributed by atoms with Crippen LogP contribution in [-0.2, 0) is 0 Å². The molecule has 0 saturated carbocycles. The maximum Gasteiger partial charge on any atom is 0.573 e. The molecule has 1 amide bonds. The van der Waals surface area contributed by atoms with Gasteiger partial charge in [0.15, 0.2) is 5.65 Å². The number of imidazole rings is 1. The lowest BCUT2D eigenvalue weighted by molar-refractivity contribution is -0.274. The number of fused-ring (bicyclic) bond motifs is 1. The van der Waals surface area contributed by atoms with Crippen LogP contribution in [0.2, 0.25) is 5.02 Å². The first kappa shape index (κ1) is 20.7. The molecule has 10 heteroatoms. The largest absolute Gasteiger partial charge is 0.573 e. The van der Waals surface area contributed by atoms with Crippen molar-refractivity contribution in [3.63, 3.8) is 0 Å². The lowest BCUT2D eigenvalue weighted by atomic mass is 10.1. The Hall–Kier alpha value is -3.59. The third kappa shape index (κ3) is 4.77. The summed E-state index contributed by atoms with van der Waals surface area (Å²) in [7, 11) is 0. The van der Waals surface area contributed by atoms with Crippen molar-refractivity contribution in [2.24, 2.45) is 0 Å². The number of ether oxygens (including phenoxy) is 1. The zero-order valence-corrected chi connectivity index (χ0v) is 16.7. The summed E-state index contributed by atoms with van der Waals surface area (Å²) in [4.78, 5) is 24.5. The zero-order chi connectivity index (χ0) is 22.2. The van der Waals surface area contributed by atoms with E-state index < -0.39 is 18.0 Å². The number of nitrogens with one attached hydrogen (secondary N) is 2. The molecule has 31 heavy (non-hydrogen) atoms. The number of anilines is 1. The first-order valence-corrected chi connectivity index (χ1v) is 9.36. The number of aromatic nitrogens is 3. The zero-order valence-electron chi connectivity index (χ0n) is 15.9. The standard InChI is InChI=1S/C21H14ClF3N4O2/c1-11-5-7-16-19(26-11)29-18(28-16)12-3-2-4-14(9-12)27-20(30)13-6-8-17(15(22)10-13)31-21(23,24)25/h2-10H,1H3,(H,27,30)(H,26,28,29). The molecule has 0 saturated heterocycles. The molecule has 2 aromatic heterocycles. The highest BCUT2D eigenvalue weighted by molar-refractivity contribution is 6.32. The second kappa shape index (κ2) is 7.92. The van der Waals surface area contributed by atoms with E-state index in [2.05, 4.69) is 25.0 Å². The van der Waals surface area contributed by atoms with Gasteiger partial charge in [0.2, 0.25) is 0 Å². The number of alkyl halides is 3. The molecule has 6 nitrogen and oxygen atoms in total. The minimum atomic E-state index is -4.88. The number of carbonyl (C=O) groups is 1. The maximum absolute atomic E-state index is 12.5. The molecular weight excluding hydrogens is 433 g/mol. The van der Waals surface area contributed by atoms with Crippen LogP contribution in [0.1, 0.15) is 16.1 Å². The highest BCUT2D eigenvalue weighted by Gasteiger charge is 2.32. The van der Waals surface area contributed by atoms with Crippen LogP contribution in [0.3, 0.4) is 0 Å². The minimum absolute atomic E-state index is 0.0772. The van der Waals surface area contributed by atoms with Crippen LogP contribution in [0, 0.1) is 6.92 Å². The highest BCUT2D eigenvalue weighted by atomic mass is 35.5. The Kier molecular flexibility index (Phi) is 5.28. The predicted molar refractivity (Wildman–Crippen MR) is 110 cm³/mol. The van der Waals surface area contributed by atoms with Crippen molar-refractivity contribution in [2.45, 2.75) is 13.3 Å². The van der Waals surface area contributed by atoms with E-state index >= 15 is 0 Å². The SMILES string of the molecule is Cc1ccc2[nH]c(-c3cccc(NC(=O)c4ccc(OC(F)(F)F)c(Cl)c4)c3)nc2n1. The van der Waals surface area contributed by atoms with Crippen molar-refractivity contribution in [1.82, 2.24) is 15.0 Å². The second-order valence-electron chi connectivity index (χ2n) is 6.64. The number of hydrogen-bond acceptors (Lipinski definition) is 4. The molecule has 2 N–H and O–H groups in total. The summed E-state index contributed by atoms with van der Waals surface area (Å²) in [6, 6.07) is 14.0. The Bertz CT molecular complexity index is 1290. The third-order valence-corrected chi connectivity index (χ3v) is 4.59. The lowest BCUT2D eigenvalue weighted by Crippen LogP contribution is -2.18. The van der Waals surface area contributed by atoms with Gasteiger partial charge in [-0.2, -0.15) is 0 Å². The summed E-state index contributed by atoms with van der Waals surface area (Å²) in [5.74, 6) is -0.540. The fraction of sp³-hybridized carbons (Fsp3) is 0.0952. The van der Waals surface area contributed by atoms with Crippen LogP contribution in [0.5, 0.6) is 5.75 Å². The molecule has 0 atom stereocenters. The number of hydrogen-bond donors (Lipinski definition) is 2. The molecule has 0 aliphatic rings. The van der Waals surface area contributed by atoms with Crippen LogP contribution in [0.25, 0.3) is 22.6 Å². The van der Waals surface area contributed by atoms with E-state index in [9.17, 15) is 18.0 Å². The highest BCUT2D eigenvalue weighted by Crippen LogP contribution is 2.31. The van der Waals surface area contributed by atoms with E-state index in [0.29, 0.717) is 17.2 Å². The molecule has 0 unspecified atom stereocenters. The van der Waals surface area contributed by atoms with Crippen molar-refractivity contribution in [2.75, 3.05) is 5.32 Å². The summed E-state index contributed by atoms with van der Waals surface area (Å²) in [6.07, 6.45) is -4.88. The summed E-state index contributed by atoms with van der Waals surface area (Å²) in [6.45, 7) is 1.87. The molecule has 0 aliphatic carbocycles. The number of nitrogens with zero attached hydrogens (tertiary/aromatic N) is 2. The predicted octanol–water partition coefficient (Wildman–Crippen LogP) is 5.74. The van der Waals surface area contributed by atoms with Crippen molar-refractivity contribution in [1.29, 1.82) is 0 Å². The van der Waals surface area contributed by atoms with Crippen LogP contribution in [0.15, 0.2) is 54.6 Å². The van der Waals surface area contributed by atoms with E-state index in [4.69, 9.17) is 11.6 Å². The van der Waals surface area contributed by atoms with Gasteiger partial charge in [0, 0.05) is 22.5 Å². The van der Waals surface area contributed by atoms with E-state index in [1.807, 2.05) is 25.1 Å². The number of rotatable bonds is 4. The second-order valence-corrected chi connectivity index (χ2v) is 7.04. The van der Waals surface area contributed by atoms with Crippen molar-refractivity contribution in [3.05, 3.63) is 70.9 Å². The molecule has 4 aromatic rings. The smallest absolute Gasteiger partial charge is 0.404 e. The molecule has 2 heterocycles. The maximum atomic E-state index is 12.5. The summed E-state index contributed by atoms with van der Waals surface area (Å²) >= 11 is 5.81. The summed E-state index contributed by atoms with van der Waals surface area (Å²) < 4.78 is 40.9. The average molecular weight is 447 g/mol. The first-order valence-electron chi connectivity index (χ1n) is 8.98. The van der Waals surface area contributed by atoms with Crippen LogP contribution in [-0.4, -0.2) is 27.2 Å². The molecule has 2 aromatic carbocycles. The number of aryl methyl sites for hydroxylation is 1. The molecular formula is C21H14ClF3N4O2. The van der Waals surface area contributed by atoms with Gasteiger partial charge in [-0.15, -0.1) is 13.2 Å². The number of H-pyrrole nitrogens is 1. The van der Waals surface area contributed by atoms with Crippen LogP contribution < -0.4 is 10.1 Å². The molecule has 0 radical (unpaired) electrons. The number of aromatic amines is 1. The van der Waals surface area contributed by atoms with Crippen molar-refractivity contribution < 1.29 is 22.7 Å². The van der Waals surface area contributed by atoms with Gasteiger partial charge in [0.1, 0.15) is 11.6 Å². The average Bonchev–Trinajstić information content (AvgIpc) is 3.12. The Balaban J connectivity index is 1.54. The molecule has 4 rings (SSSR count). The Labute approximate surface area is 179 Å². The fourth-order valence-corrected chi connectivity index (χ4v) is 3.14. The minimum Gasteiger partial charge on any atom is -0.404 e. The van der Waals surface area contributed by atoms with Gasteiger partial charge in [-0.25, -0.2) is 9.97 Å². The van der Waals surface area contributed by atoms with Crippen LogP contribution in [0.4, 0.5) is 18.9 Å². The first-order chi connectivity index (χ1) is 14.7. The lowest BCUT2D eigenvalue weighted by Gasteiger charge is -2.11. The van der Waals surface area contributed by atoms with Crippen molar-refractivity contribution in [3.8, 4) is 17.1 Å². The molecule has 0 aliphatic heterocycles. The fourth-order valence-electron chi connectivity index (χ4n) is 2.92. The Morgan fingerprint density at radius 2 is 1.90 bits per heavy atom. The van der Waals surface area contributed by atoms with Gasteiger partial charge < -0.3 is 15.0 Å². The van der Waals surface area contributed by atoms with Gasteiger partial charge in [-0.3, -0.25) is 4.79 Å². The number of halogens is 4. The third-order valence-electron chi connectivity index (χ3n) is 4.30. The molecule has 158 valence electrons. The molecule has 0 spiro atoms. The molecule has 0 fully saturated rings. The van der Waals surface area contributed by atoms with Crippen LogP contribution >= 0.6 is 11.6 Å². The normalized spacial score (nSPS) is 11.5. The molecule has 0 bridgehead atoms. The summed E-state index contributed by atoms with van der Waals surface area (Å²) in [5.41, 5.74) is 3.48. The van der Waals surface area contributed by atoms with Crippen molar-refractivity contribution >= 4 is 34.4 Å². The Morgan fingerprint density at radius 1 is 1.10 bits per heavy atom. The van der Waals surface area contributed by atoms with E-state index in [-0.39, 0.29) is 10.6 Å². The van der Waals surface area contributed by atoms with Gasteiger partial charge in [-0.1, -0.05) is 23.7 Å². The monoisotopic (exact) mass is 446 g/mol. The van der Waals surface area contributed by atoms with Gasteiger partial charge in [-0.05, 0) is 49.4 Å². The van der Waals surface area contributed by atoms with Gasteiger partial charge in [0.25, 0.3) is 5.91 Å². The van der Waals surface area contributed by atoms with E-state index in [1.54, 1.807) is 18.2 Å². The van der Waals surface area contributed by atoms with Gasteiger partial charge in [0.05, 0.1) is 10.5 Å². The van der Waals surface area contributed by atoms with E-state index in [1.165, 1.54) is 6.07 Å². The number of amides is 1. The number of carbonyl (C=O) groups excluding carboxylic acids is 1. The topological polar surface area (TPSA) is 79.9 Å². The number of benzene rings is 2. The quantitative estimate of drug-likeness (QED) is 0.419. The van der Waals surface area contributed by atoms with E-state index in [0.717, 1.165) is 28.9 Å².